The van der Waals surface area contributed by atoms with Crippen LogP contribution in [0, 0.1) is 17.6 Å². The molecule has 2 N–H and O–H groups in total. The Balaban J connectivity index is 1.76. The van der Waals surface area contributed by atoms with Crippen molar-refractivity contribution in [2.24, 2.45) is 5.92 Å². The first kappa shape index (κ1) is 34.7. The summed E-state index contributed by atoms with van der Waals surface area (Å²) in [4.78, 5) is 25.7. The number of halogens is 2. The van der Waals surface area contributed by atoms with E-state index in [0.717, 1.165) is 17.2 Å². The Kier molecular flexibility index (Phi) is 13.3. The molecule has 3 rings (SSSR count). The maximum absolute atomic E-state index is 14.7. The Morgan fingerprint density at radius 2 is 1.50 bits per heavy atom. The Morgan fingerprint density at radius 3 is 2.07 bits per heavy atom. The predicted molar refractivity (Wildman–Crippen MR) is 163 cm³/mol. The zero-order valence-electron chi connectivity index (χ0n) is 25.8. The Hall–Kier alpha value is -3.82. The van der Waals surface area contributed by atoms with E-state index in [1.165, 1.54) is 12.1 Å². The van der Waals surface area contributed by atoms with Crippen LogP contribution in [-0.2, 0) is 38.6 Å². The fourth-order valence-corrected chi connectivity index (χ4v) is 4.90. The predicted octanol–water partition coefficient (Wildman–Crippen LogP) is 6.90. The van der Waals surface area contributed by atoms with Gasteiger partial charge in [0.05, 0.1) is 18.8 Å². The van der Waals surface area contributed by atoms with Crippen LogP contribution in [0.5, 0.6) is 0 Å². The zero-order valence-corrected chi connectivity index (χ0v) is 25.8. The first-order valence-electron chi connectivity index (χ1n) is 14.9. The van der Waals surface area contributed by atoms with Gasteiger partial charge in [-0.25, -0.2) is 18.4 Å². The molecule has 0 heterocycles. The quantitative estimate of drug-likeness (QED) is 0.182. The number of amides is 1. The van der Waals surface area contributed by atoms with Crippen LogP contribution in [0.25, 0.3) is 0 Å². The second kappa shape index (κ2) is 16.9. The smallest absolute Gasteiger partial charge is 0.408 e. The number of rotatable bonds is 15. The molecule has 44 heavy (non-hydrogen) atoms. The average molecular weight is 612 g/mol. The van der Waals surface area contributed by atoms with Gasteiger partial charge in [-0.2, -0.15) is 0 Å². The minimum Gasteiger partial charge on any atom is -0.459 e. The van der Waals surface area contributed by atoms with Crippen LogP contribution in [0.2, 0.25) is 0 Å². The molecular formula is C35H43F2NO6. The molecule has 0 unspecified atom stereocenters. The van der Waals surface area contributed by atoms with Crippen LogP contribution in [-0.4, -0.2) is 41.0 Å². The lowest BCUT2D eigenvalue weighted by atomic mass is 9.86. The standard InChI is InChI=1S/C35H43F2NO6/c1-24(39)32(42-22-25-12-7-5-8-13-25)28(20-27-18-19-29(36)21-30(27)37)16-11-17-31(38-34(41)44-35(2,3)4)33(40)43-23-26-14-9-6-10-15-26/h5-10,12-15,18-19,21,24,28,31-32,39H,11,16-17,20,22-23H2,1-4H3,(H,38,41)/t24-,28+,31-,32-/m0/s1. The number of benzene rings is 3. The lowest BCUT2D eigenvalue weighted by Gasteiger charge is -2.30. The van der Waals surface area contributed by atoms with Crippen molar-refractivity contribution in [3.63, 3.8) is 0 Å². The van der Waals surface area contributed by atoms with Gasteiger partial charge in [0, 0.05) is 6.07 Å². The first-order valence-corrected chi connectivity index (χ1v) is 14.9. The number of aliphatic hydroxyl groups excluding tert-OH is 1. The van der Waals surface area contributed by atoms with E-state index in [0.29, 0.717) is 12.8 Å². The van der Waals surface area contributed by atoms with Gasteiger partial charge in [-0.1, -0.05) is 73.2 Å². The van der Waals surface area contributed by atoms with Crippen LogP contribution in [0.1, 0.15) is 63.6 Å². The molecule has 0 spiro atoms. The van der Waals surface area contributed by atoms with Crippen molar-refractivity contribution in [1.29, 1.82) is 0 Å². The molecule has 0 aliphatic carbocycles. The third kappa shape index (κ3) is 12.1. The third-order valence-electron chi connectivity index (χ3n) is 6.99. The van der Waals surface area contributed by atoms with Crippen LogP contribution >= 0.6 is 0 Å². The van der Waals surface area contributed by atoms with E-state index in [2.05, 4.69) is 5.32 Å². The van der Waals surface area contributed by atoms with Gasteiger partial charge in [-0.05, 0) is 75.6 Å². The van der Waals surface area contributed by atoms with Gasteiger partial charge in [0.25, 0.3) is 0 Å². The summed E-state index contributed by atoms with van der Waals surface area (Å²) in [5, 5.41) is 13.4. The average Bonchev–Trinajstić information content (AvgIpc) is 2.96. The molecule has 3 aromatic carbocycles. The summed E-state index contributed by atoms with van der Waals surface area (Å²) in [5.74, 6) is -2.38. The highest BCUT2D eigenvalue weighted by atomic mass is 19.1. The van der Waals surface area contributed by atoms with E-state index in [1.807, 2.05) is 60.7 Å². The van der Waals surface area contributed by atoms with Gasteiger partial charge >= 0.3 is 12.1 Å². The minimum absolute atomic E-state index is 0.0378. The molecule has 1 amide bonds. The summed E-state index contributed by atoms with van der Waals surface area (Å²) >= 11 is 0. The number of esters is 1. The van der Waals surface area contributed by atoms with Crippen molar-refractivity contribution in [1.82, 2.24) is 5.32 Å². The molecule has 7 nitrogen and oxygen atoms in total. The molecule has 9 heteroatoms. The van der Waals surface area contributed by atoms with Crippen molar-refractivity contribution in [2.45, 2.75) is 90.4 Å². The van der Waals surface area contributed by atoms with Crippen LogP contribution in [0.15, 0.2) is 78.9 Å². The van der Waals surface area contributed by atoms with E-state index in [4.69, 9.17) is 14.2 Å². The summed E-state index contributed by atoms with van der Waals surface area (Å²) in [5.41, 5.74) is 1.23. The monoisotopic (exact) mass is 611 g/mol. The highest BCUT2D eigenvalue weighted by Crippen LogP contribution is 2.27. The van der Waals surface area contributed by atoms with E-state index in [1.54, 1.807) is 27.7 Å². The van der Waals surface area contributed by atoms with Gasteiger partial charge in [0.15, 0.2) is 0 Å². The van der Waals surface area contributed by atoms with Crippen molar-refractivity contribution in [3.8, 4) is 0 Å². The second-order valence-electron chi connectivity index (χ2n) is 11.9. The van der Waals surface area contributed by atoms with E-state index in [9.17, 15) is 23.5 Å². The molecule has 0 aliphatic rings. The Morgan fingerprint density at radius 1 is 0.886 bits per heavy atom. The molecule has 0 saturated carbocycles. The Labute approximate surface area is 258 Å². The number of carbonyl (C=O) groups is 2. The molecule has 0 saturated heterocycles. The van der Waals surface area contributed by atoms with Crippen LogP contribution in [0.3, 0.4) is 0 Å². The molecule has 4 atom stereocenters. The fourth-order valence-electron chi connectivity index (χ4n) is 4.90. The molecule has 0 aliphatic heterocycles. The van der Waals surface area contributed by atoms with Crippen molar-refractivity contribution < 1.29 is 37.7 Å². The molecule has 0 bridgehead atoms. The molecular weight excluding hydrogens is 568 g/mol. The summed E-state index contributed by atoms with van der Waals surface area (Å²) in [7, 11) is 0. The van der Waals surface area contributed by atoms with Gasteiger partial charge in [0.1, 0.15) is 29.9 Å². The number of hydrogen-bond acceptors (Lipinski definition) is 6. The highest BCUT2D eigenvalue weighted by molar-refractivity contribution is 5.81. The summed E-state index contributed by atoms with van der Waals surface area (Å²) in [6.07, 6.45) is -1.19. The normalized spacial score (nSPS) is 14.2. The van der Waals surface area contributed by atoms with Crippen molar-refractivity contribution >= 4 is 12.1 Å². The maximum atomic E-state index is 14.7. The highest BCUT2D eigenvalue weighted by Gasteiger charge is 2.30. The molecule has 238 valence electrons. The van der Waals surface area contributed by atoms with Gasteiger partial charge in [-0.3, -0.25) is 0 Å². The maximum Gasteiger partial charge on any atom is 0.408 e. The van der Waals surface area contributed by atoms with Gasteiger partial charge in [0.2, 0.25) is 0 Å². The molecule has 0 fully saturated rings. The van der Waals surface area contributed by atoms with E-state index >= 15 is 0 Å². The number of ether oxygens (including phenoxy) is 3. The van der Waals surface area contributed by atoms with Crippen LogP contribution < -0.4 is 5.32 Å². The van der Waals surface area contributed by atoms with Crippen molar-refractivity contribution in [3.05, 3.63) is 107 Å². The summed E-state index contributed by atoms with van der Waals surface area (Å²) < 4.78 is 45.4. The fraction of sp³-hybridized carbons (Fsp3) is 0.429. The Bertz CT molecular complexity index is 1310. The summed E-state index contributed by atoms with van der Waals surface area (Å²) in [6, 6.07) is 21.1. The number of aliphatic hydroxyl groups is 1. The van der Waals surface area contributed by atoms with Crippen LogP contribution in [0.4, 0.5) is 13.6 Å². The molecule has 3 aromatic rings. The molecule has 0 aromatic heterocycles. The largest absolute Gasteiger partial charge is 0.459 e. The lowest BCUT2D eigenvalue weighted by molar-refractivity contribution is -0.147. The number of nitrogens with one attached hydrogen (secondary N) is 1. The zero-order chi connectivity index (χ0) is 32.1. The number of alkyl carbamates (subject to hydrolysis) is 1. The minimum atomic E-state index is -1.01. The third-order valence-corrected chi connectivity index (χ3v) is 6.99. The lowest BCUT2D eigenvalue weighted by Crippen LogP contribution is -2.44. The number of hydrogen-bond donors (Lipinski definition) is 2. The summed E-state index contributed by atoms with van der Waals surface area (Å²) in [6.45, 7) is 7.04. The number of carbonyl (C=O) groups excluding carboxylic acids is 2. The van der Waals surface area contributed by atoms with E-state index < -0.39 is 53.5 Å². The second-order valence-corrected chi connectivity index (χ2v) is 11.9. The van der Waals surface area contributed by atoms with Gasteiger partial charge < -0.3 is 24.6 Å². The van der Waals surface area contributed by atoms with Crippen molar-refractivity contribution in [2.75, 3.05) is 0 Å². The van der Waals surface area contributed by atoms with E-state index in [-0.39, 0.29) is 31.6 Å². The topological polar surface area (TPSA) is 94.1 Å². The van der Waals surface area contributed by atoms with Gasteiger partial charge in [-0.15, -0.1) is 0 Å². The molecule has 0 radical (unpaired) electrons. The SMILES string of the molecule is C[C@H](O)[C@H](OCc1ccccc1)[C@H](CCC[C@H](NC(=O)OC(C)(C)C)C(=O)OCc1ccccc1)Cc1ccc(F)cc1F. The first-order chi connectivity index (χ1) is 20.9.